The molecule has 0 aromatic carbocycles. The van der Waals surface area contributed by atoms with Crippen molar-refractivity contribution in [2.75, 3.05) is 19.7 Å². The molecular formula is C13H25N3O3. The Labute approximate surface area is 114 Å². The Balaban J connectivity index is 2.50. The van der Waals surface area contributed by atoms with Crippen LogP contribution in [0.4, 0.5) is 4.79 Å². The highest BCUT2D eigenvalue weighted by Crippen LogP contribution is 2.13. The number of rotatable bonds is 4. The number of nitrogens with zero attached hydrogens (tertiary/aromatic N) is 1. The van der Waals surface area contributed by atoms with Crippen LogP contribution in [0.25, 0.3) is 0 Å². The number of carbonyl (C=O) groups excluding carboxylic acids is 2. The Morgan fingerprint density at radius 2 is 2.16 bits per heavy atom. The molecular weight excluding hydrogens is 246 g/mol. The van der Waals surface area contributed by atoms with E-state index in [4.69, 9.17) is 10.5 Å². The van der Waals surface area contributed by atoms with Gasteiger partial charge >= 0.3 is 6.09 Å². The molecule has 2 atom stereocenters. The molecule has 1 heterocycles. The summed E-state index contributed by atoms with van der Waals surface area (Å²) in [6.45, 7) is 7.19. The lowest BCUT2D eigenvalue weighted by Gasteiger charge is -2.35. The lowest BCUT2D eigenvalue weighted by atomic mass is 10.0. The van der Waals surface area contributed by atoms with Crippen molar-refractivity contribution in [3.8, 4) is 0 Å². The molecule has 6 nitrogen and oxygen atoms in total. The van der Waals surface area contributed by atoms with Crippen molar-refractivity contribution in [3.05, 3.63) is 0 Å². The summed E-state index contributed by atoms with van der Waals surface area (Å²) < 4.78 is 4.85. The first-order chi connectivity index (χ1) is 8.95. The van der Waals surface area contributed by atoms with Crippen molar-refractivity contribution >= 4 is 12.0 Å². The smallest absolute Gasteiger partial charge is 0.407 e. The fraction of sp³-hybridized carbons (Fsp3) is 0.846. The van der Waals surface area contributed by atoms with Crippen LogP contribution in [-0.4, -0.2) is 48.7 Å². The predicted molar refractivity (Wildman–Crippen MR) is 72.6 cm³/mol. The summed E-state index contributed by atoms with van der Waals surface area (Å²) in [5, 5.41) is 2.78. The summed E-state index contributed by atoms with van der Waals surface area (Å²) in [4.78, 5) is 25.3. The van der Waals surface area contributed by atoms with Gasteiger partial charge in [0.15, 0.2) is 0 Å². The highest BCUT2D eigenvalue weighted by atomic mass is 16.5. The van der Waals surface area contributed by atoms with Crippen LogP contribution in [0.5, 0.6) is 0 Å². The maximum Gasteiger partial charge on any atom is 0.407 e. The zero-order valence-corrected chi connectivity index (χ0v) is 12.0. The minimum absolute atomic E-state index is 0.0367. The predicted octanol–water partition coefficient (Wildman–Crippen LogP) is 0.707. The third-order valence-electron chi connectivity index (χ3n) is 3.33. The number of amides is 2. The molecule has 0 aromatic heterocycles. The molecule has 6 heteroatoms. The van der Waals surface area contributed by atoms with Gasteiger partial charge in [0.1, 0.15) is 0 Å². The highest BCUT2D eigenvalue weighted by molar-refractivity contribution is 5.82. The topological polar surface area (TPSA) is 84.7 Å². The van der Waals surface area contributed by atoms with Crippen molar-refractivity contribution in [1.82, 2.24) is 10.2 Å². The molecule has 19 heavy (non-hydrogen) atoms. The van der Waals surface area contributed by atoms with Crippen molar-refractivity contribution in [2.45, 2.75) is 45.7 Å². The van der Waals surface area contributed by atoms with Crippen LogP contribution in [0.1, 0.15) is 33.6 Å². The summed E-state index contributed by atoms with van der Waals surface area (Å²) in [6, 6.07) is -0.516. The van der Waals surface area contributed by atoms with Crippen LogP contribution >= 0.6 is 0 Å². The molecule has 110 valence electrons. The van der Waals surface area contributed by atoms with Gasteiger partial charge in [-0.15, -0.1) is 0 Å². The van der Waals surface area contributed by atoms with Gasteiger partial charge < -0.3 is 20.7 Å². The number of alkyl carbamates (subject to hydrolysis) is 1. The van der Waals surface area contributed by atoms with Crippen molar-refractivity contribution in [1.29, 1.82) is 0 Å². The van der Waals surface area contributed by atoms with E-state index in [1.165, 1.54) is 0 Å². The van der Waals surface area contributed by atoms with Crippen LogP contribution in [0, 0.1) is 5.92 Å². The summed E-state index contributed by atoms with van der Waals surface area (Å²) in [5.41, 5.74) is 5.88. The lowest BCUT2D eigenvalue weighted by molar-refractivity contribution is -0.134. The first-order valence-corrected chi connectivity index (χ1v) is 6.93. The van der Waals surface area contributed by atoms with Gasteiger partial charge in [-0.3, -0.25) is 4.79 Å². The number of nitrogens with two attached hydrogens (primary N) is 1. The van der Waals surface area contributed by atoms with Crippen LogP contribution in [0.15, 0.2) is 0 Å². The Kier molecular flexibility index (Phi) is 6.08. The number of hydrogen-bond acceptors (Lipinski definition) is 4. The van der Waals surface area contributed by atoms with Gasteiger partial charge in [-0.05, 0) is 25.7 Å². The summed E-state index contributed by atoms with van der Waals surface area (Å²) in [5.74, 6) is 0.0799. The summed E-state index contributed by atoms with van der Waals surface area (Å²) >= 11 is 0. The van der Waals surface area contributed by atoms with Crippen LogP contribution < -0.4 is 11.1 Å². The summed E-state index contributed by atoms with van der Waals surface area (Å²) in [6.07, 6.45) is 1.31. The molecule has 1 unspecified atom stereocenters. The van der Waals surface area contributed by atoms with E-state index in [-0.39, 0.29) is 17.9 Å². The molecule has 0 aliphatic carbocycles. The Morgan fingerprint density at radius 1 is 1.47 bits per heavy atom. The molecule has 2 amide bonds. The van der Waals surface area contributed by atoms with Crippen LogP contribution in [0.2, 0.25) is 0 Å². The van der Waals surface area contributed by atoms with E-state index in [0.29, 0.717) is 19.7 Å². The average molecular weight is 271 g/mol. The van der Waals surface area contributed by atoms with E-state index in [0.717, 1.165) is 12.8 Å². The molecule has 1 rings (SSSR count). The zero-order valence-electron chi connectivity index (χ0n) is 12.0. The lowest BCUT2D eigenvalue weighted by Crippen LogP contribution is -2.54. The second-order valence-electron chi connectivity index (χ2n) is 5.26. The monoisotopic (exact) mass is 271 g/mol. The Bertz CT molecular complexity index is 320. The van der Waals surface area contributed by atoms with Crippen molar-refractivity contribution in [3.63, 3.8) is 0 Å². The molecule has 0 bridgehead atoms. The van der Waals surface area contributed by atoms with Crippen LogP contribution in [-0.2, 0) is 9.53 Å². The normalized spacial score (nSPS) is 21.1. The number of piperidine rings is 1. The average Bonchev–Trinajstić information content (AvgIpc) is 2.37. The van der Waals surface area contributed by atoms with Crippen molar-refractivity contribution < 1.29 is 14.3 Å². The first kappa shape index (κ1) is 15.8. The van der Waals surface area contributed by atoms with Gasteiger partial charge in [0, 0.05) is 19.1 Å². The molecule has 3 N–H and O–H groups in total. The first-order valence-electron chi connectivity index (χ1n) is 6.93. The van der Waals surface area contributed by atoms with E-state index in [9.17, 15) is 9.59 Å². The SMILES string of the molecule is CCOC(=O)NC1CCCN(C(=O)[C@@H](N)C(C)C)C1. The van der Waals surface area contributed by atoms with E-state index >= 15 is 0 Å². The molecule has 1 aliphatic rings. The van der Waals surface area contributed by atoms with E-state index in [2.05, 4.69) is 5.32 Å². The number of ether oxygens (including phenoxy) is 1. The van der Waals surface area contributed by atoms with Gasteiger partial charge in [-0.1, -0.05) is 13.8 Å². The molecule has 1 aliphatic heterocycles. The number of hydrogen-bond donors (Lipinski definition) is 2. The molecule has 0 saturated carbocycles. The number of likely N-dealkylation sites (tertiary alicyclic amines) is 1. The zero-order chi connectivity index (χ0) is 14.4. The maximum absolute atomic E-state index is 12.2. The summed E-state index contributed by atoms with van der Waals surface area (Å²) in [7, 11) is 0. The van der Waals surface area contributed by atoms with Gasteiger partial charge in [-0.2, -0.15) is 0 Å². The Hall–Kier alpha value is -1.30. The quantitative estimate of drug-likeness (QED) is 0.788. The standard InChI is InChI=1S/C13H25N3O3/c1-4-19-13(18)15-10-6-5-7-16(8-10)12(17)11(14)9(2)3/h9-11H,4-8,14H2,1-3H3,(H,15,18)/t10?,11-/m0/s1. The van der Waals surface area contributed by atoms with Gasteiger partial charge in [0.05, 0.1) is 12.6 Å². The second-order valence-corrected chi connectivity index (χ2v) is 5.26. The van der Waals surface area contributed by atoms with Crippen molar-refractivity contribution in [2.24, 2.45) is 11.7 Å². The van der Waals surface area contributed by atoms with E-state index < -0.39 is 12.1 Å². The third-order valence-corrected chi connectivity index (χ3v) is 3.33. The molecule has 0 aromatic rings. The third kappa shape index (κ3) is 4.70. The van der Waals surface area contributed by atoms with Gasteiger partial charge in [0.2, 0.25) is 5.91 Å². The molecule has 0 spiro atoms. The largest absolute Gasteiger partial charge is 0.450 e. The minimum atomic E-state index is -0.471. The second kappa shape index (κ2) is 7.33. The van der Waals surface area contributed by atoms with Crippen LogP contribution in [0.3, 0.4) is 0 Å². The minimum Gasteiger partial charge on any atom is -0.450 e. The van der Waals surface area contributed by atoms with E-state index in [1.54, 1.807) is 11.8 Å². The fourth-order valence-corrected chi connectivity index (χ4v) is 2.13. The molecule has 1 saturated heterocycles. The number of carbonyl (C=O) groups is 2. The van der Waals surface area contributed by atoms with Gasteiger partial charge in [0.25, 0.3) is 0 Å². The molecule has 0 radical (unpaired) electrons. The maximum atomic E-state index is 12.2. The fourth-order valence-electron chi connectivity index (χ4n) is 2.13. The number of nitrogens with one attached hydrogen (secondary N) is 1. The molecule has 1 fully saturated rings. The Morgan fingerprint density at radius 3 is 2.74 bits per heavy atom. The van der Waals surface area contributed by atoms with Gasteiger partial charge in [-0.25, -0.2) is 4.79 Å². The highest BCUT2D eigenvalue weighted by Gasteiger charge is 2.29. The van der Waals surface area contributed by atoms with E-state index in [1.807, 2.05) is 13.8 Å².